The van der Waals surface area contributed by atoms with Crippen molar-refractivity contribution in [3.63, 3.8) is 0 Å². The van der Waals surface area contributed by atoms with Gasteiger partial charge in [-0.05, 0) is 29.0 Å². The minimum absolute atomic E-state index is 0.0481. The summed E-state index contributed by atoms with van der Waals surface area (Å²) in [5.74, 6) is 0.231. The number of halogens is 1. The largest absolute Gasteiger partial charge is 0.372 e. The van der Waals surface area contributed by atoms with Gasteiger partial charge >= 0.3 is 5.82 Å². The molecule has 0 unspecified atom stereocenters. The molecule has 0 radical (unpaired) electrons. The Morgan fingerprint density at radius 3 is 2.96 bits per heavy atom. The molecule has 7 nitrogen and oxygen atoms in total. The molecule has 2 atom stereocenters. The van der Waals surface area contributed by atoms with Gasteiger partial charge in [-0.2, -0.15) is 9.38 Å². The molecular weight excluding hydrogens is 352 g/mol. The minimum Gasteiger partial charge on any atom is -0.371 e. The van der Waals surface area contributed by atoms with E-state index in [1.807, 2.05) is 24.3 Å². The smallest absolute Gasteiger partial charge is 0.371 e. The van der Waals surface area contributed by atoms with Gasteiger partial charge in [0.15, 0.2) is 0 Å². The molecule has 3 aromatic rings. The van der Waals surface area contributed by atoms with Gasteiger partial charge in [0.1, 0.15) is 12.3 Å². The third-order valence-corrected chi connectivity index (χ3v) is 5.03. The molecule has 124 valence electrons. The lowest BCUT2D eigenvalue weighted by atomic mass is 10.0. The van der Waals surface area contributed by atoms with Gasteiger partial charge in [-0.3, -0.25) is 0 Å². The second-order valence-corrected chi connectivity index (χ2v) is 6.79. The number of anilines is 1. The summed E-state index contributed by atoms with van der Waals surface area (Å²) in [7, 11) is 0. The maximum atomic E-state index is 11.4. The van der Waals surface area contributed by atoms with Gasteiger partial charge < -0.3 is 20.2 Å². The number of nitro groups is 1. The Bertz CT molecular complexity index is 892. The number of nitrogens with one attached hydrogen (secondary N) is 1. The van der Waals surface area contributed by atoms with Crippen LogP contribution in [0.25, 0.3) is 4.96 Å². The SMILES string of the molecule is O=[N+]([O-])c1c(N[C@@H]2CCO[C@H]2c2ccc(Cl)cc2)nc2sccn12. The summed E-state index contributed by atoms with van der Waals surface area (Å²) in [6.45, 7) is 0.584. The van der Waals surface area contributed by atoms with Crippen LogP contribution in [0.2, 0.25) is 5.02 Å². The lowest BCUT2D eigenvalue weighted by Gasteiger charge is -2.20. The maximum Gasteiger partial charge on any atom is 0.372 e. The summed E-state index contributed by atoms with van der Waals surface area (Å²) in [6.07, 6.45) is 2.20. The Labute approximate surface area is 146 Å². The number of imidazole rings is 1. The van der Waals surface area contributed by atoms with E-state index in [1.54, 1.807) is 11.6 Å². The number of aromatic nitrogens is 2. The second-order valence-electron chi connectivity index (χ2n) is 5.48. The Kier molecular flexibility index (Phi) is 3.87. The molecule has 1 N–H and O–H groups in total. The molecule has 2 aromatic heterocycles. The first kappa shape index (κ1) is 15.4. The van der Waals surface area contributed by atoms with Gasteiger partial charge in [0, 0.05) is 17.0 Å². The Morgan fingerprint density at radius 2 is 2.21 bits per heavy atom. The maximum absolute atomic E-state index is 11.4. The number of hydrogen-bond acceptors (Lipinski definition) is 6. The average molecular weight is 365 g/mol. The molecule has 1 saturated heterocycles. The van der Waals surface area contributed by atoms with Crippen molar-refractivity contribution in [3.05, 3.63) is 56.5 Å². The molecule has 0 saturated carbocycles. The first-order valence-electron chi connectivity index (χ1n) is 7.37. The van der Waals surface area contributed by atoms with Crippen LogP contribution in [0.1, 0.15) is 18.1 Å². The van der Waals surface area contributed by atoms with Crippen molar-refractivity contribution >= 4 is 39.5 Å². The fraction of sp³-hybridized carbons (Fsp3) is 0.267. The Hall–Kier alpha value is -2.16. The van der Waals surface area contributed by atoms with Gasteiger partial charge in [0.25, 0.3) is 4.96 Å². The van der Waals surface area contributed by atoms with E-state index in [1.165, 1.54) is 15.7 Å². The predicted molar refractivity (Wildman–Crippen MR) is 91.9 cm³/mol. The molecule has 0 spiro atoms. The van der Waals surface area contributed by atoms with E-state index < -0.39 is 4.92 Å². The van der Waals surface area contributed by atoms with Crippen LogP contribution in [-0.4, -0.2) is 27.0 Å². The summed E-state index contributed by atoms with van der Waals surface area (Å²) in [4.78, 5) is 15.9. The van der Waals surface area contributed by atoms with E-state index in [4.69, 9.17) is 16.3 Å². The van der Waals surface area contributed by atoms with Gasteiger partial charge in [-0.1, -0.05) is 35.1 Å². The van der Waals surface area contributed by atoms with Gasteiger partial charge in [-0.15, -0.1) is 0 Å². The lowest BCUT2D eigenvalue weighted by Crippen LogP contribution is -2.23. The summed E-state index contributed by atoms with van der Waals surface area (Å²) >= 11 is 7.29. The number of benzene rings is 1. The van der Waals surface area contributed by atoms with Crippen molar-refractivity contribution in [1.82, 2.24) is 9.38 Å². The van der Waals surface area contributed by atoms with Crippen LogP contribution in [0.5, 0.6) is 0 Å². The normalized spacial score (nSPS) is 20.5. The highest BCUT2D eigenvalue weighted by atomic mass is 35.5. The van der Waals surface area contributed by atoms with Crippen molar-refractivity contribution < 1.29 is 9.66 Å². The number of fused-ring (bicyclic) bond motifs is 1. The van der Waals surface area contributed by atoms with E-state index in [0.717, 1.165) is 12.0 Å². The van der Waals surface area contributed by atoms with Gasteiger partial charge in [0.05, 0.1) is 6.04 Å². The zero-order chi connectivity index (χ0) is 16.7. The highest BCUT2D eigenvalue weighted by Crippen LogP contribution is 2.35. The molecule has 0 amide bonds. The highest BCUT2D eigenvalue weighted by Gasteiger charge is 2.33. The van der Waals surface area contributed by atoms with Gasteiger partial charge in [0.2, 0.25) is 5.82 Å². The van der Waals surface area contributed by atoms with Crippen LogP contribution >= 0.6 is 22.9 Å². The van der Waals surface area contributed by atoms with Crippen molar-refractivity contribution in [1.29, 1.82) is 0 Å². The second kappa shape index (κ2) is 6.04. The summed E-state index contributed by atoms with van der Waals surface area (Å²) in [6, 6.07) is 7.35. The predicted octanol–water partition coefficient (Wildman–Crippen LogP) is 3.90. The molecule has 0 bridgehead atoms. The fourth-order valence-corrected chi connectivity index (χ4v) is 3.77. The standard InChI is InChI=1S/C15H13ClN4O3S/c16-10-3-1-9(2-4-10)12-11(5-7-23-12)17-13-14(20(21)22)19-6-8-24-15(19)18-13/h1-4,6,8,11-12,17H,5,7H2/t11-,12+/m1/s1. The monoisotopic (exact) mass is 364 g/mol. The van der Waals surface area contributed by atoms with Crippen molar-refractivity contribution in [2.75, 3.05) is 11.9 Å². The molecule has 1 aliphatic heterocycles. The Balaban J connectivity index is 1.64. The van der Waals surface area contributed by atoms with Gasteiger partial charge in [-0.25, -0.2) is 0 Å². The summed E-state index contributed by atoms with van der Waals surface area (Å²) in [5, 5.41) is 17.1. The third kappa shape index (κ3) is 2.62. The van der Waals surface area contributed by atoms with Crippen LogP contribution < -0.4 is 5.32 Å². The van der Waals surface area contributed by atoms with Crippen LogP contribution in [-0.2, 0) is 4.74 Å². The lowest BCUT2D eigenvalue weighted by molar-refractivity contribution is -0.389. The van der Waals surface area contributed by atoms with E-state index in [2.05, 4.69) is 10.3 Å². The van der Waals surface area contributed by atoms with Crippen LogP contribution in [0.4, 0.5) is 11.6 Å². The average Bonchev–Trinajstić information content (AvgIpc) is 3.23. The third-order valence-electron chi connectivity index (χ3n) is 4.02. The number of ether oxygens (including phenoxy) is 1. The molecule has 1 aliphatic rings. The van der Waals surface area contributed by atoms with Crippen LogP contribution in [0.15, 0.2) is 35.8 Å². The molecule has 1 aromatic carbocycles. The van der Waals surface area contributed by atoms with E-state index >= 15 is 0 Å². The zero-order valence-electron chi connectivity index (χ0n) is 12.4. The van der Waals surface area contributed by atoms with Crippen molar-refractivity contribution in [2.24, 2.45) is 0 Å². The fourth-order valence-electron chi connectivity index (χ4n) is 2.94. The van der Waals surface area contributed by atoms with Crippen LogP contribution in [0.3, 0.4) is 0 Å². The number of rotatable bonds is 4. The van der Waals surface area contributed by atoms with E-state index in [0.29, 0.717) is 16.6 Å². The van der Waals surface area contributed by atoms with E-state index in [-0.39, 0.29) is 23.8 Å². The molecule has 1 fully saturated rings. The summed E-state index contributed by atoms with van der Waals surface area (Å²) < 4.78 is 7.30. The number of hydrogen-bond donors (Lipinski definition) is 1. The first-order chi connectivity index (χ1) is 11.6. The van der Waals surface area contributed by atoms with Crippen LogP contribution in [0, 0.1) is 10.1 Å². The topological polar surface area (TPSA) is 81.7 Å². The van der Waals surface area contributed by atoms with E-state index in [9.17, 15) is 10.1 Å². The number of nitrogens with zero attached hydrogens (tertiary/aromatic N) is 3. The van der Waals surface area contributed by atoms with Crippen molar-refractivity contribution in [3.8, 4) is 0 Å². The highest BCUT2D eigenvalue weighted by molar-refractivity contribution is 7.15. The first-order valence-corrected chi connectivity index (χ1v) is 8.63. The Morgan fingerprint density at radius 1 is 1.42 bits per heavy atom. The molecular formula is C15H13ClN4O3S. The minimum atomic E-state index is -0.415. The quantitative estimate of drug-likeness (QED) is 0.560. The number of thiazole rings is 1. The molecule has 3 heterocycles. The molecule has 9 heteroatoms. The molecule has 0 aliphatic carbocycles. The molecule has 4 rings (SSSR count). The summed E-state index contributed by atoms with van der Waals surface area (Å²) in [5.41, 5.74) is 0.984. The van der Waals surface area contributed by atoms with Crippen molar-refractivity contribution in [2.45, 2.75) is 18.6 Å². The molecule has 24 heavy (non-hydrogen) atoms. The zero-order valence-corrected chi connectivity index (χ0v) is 14.0.